The summed E-state index contributed by atoms with van der Waals surface area (Å²) in [6.45, 7) is 1.01. The molecule has 1 saturated heterocycles. The third-order valence-corrected chi connectivity index (χ3v) is 1.85. The predicted molar refractivity (Wildman–Crippen MR) is 34.8 cm³/mol. The van der Waals surface area contributed by atoms with Crippen LogP contribution in [0.3, 0.4) is 0 Å². The topological polar surface area (TPSA) is 46.3 Å². The second-order valence-corrected chi connectivity index (χ2v) is 2.54. The normalized spacial score (nSPS) is 28.8. The lowest BCUT2D eigenvalue weighted by Crippen LogP contribution is -2.37. The highest BCUT2D eigenvalue weighted by atomic mass is 16.1. The number of primary amides is 1. The second-order valence-electron chi connectivity index (χ2n) is 2.54. The van der Waals surface area contributed by atoms with Crippen LogP contribution in [-0.4, -0.2) is 30.4 Å². The molecule has 0 aromatic carbocycles. The quantitative estimate of drug-likeness (QED) is 0.520. The monoisotopic (exact) mass is 128 g/mol. The van der Waals surface area contributed by atoms with E-state index in [4.69, 9.17) is 5.73 Å². The molecule has 1 atom stereocenters. The number of carbonyl (C=O) groups is 1. The minimum absolute atomic E-state index is 0.00463. The van der Waals surface area contributed by atoms with Crippen molar-refractivity contribution in [2.45, 2.75) is 18.9 Å². The maximum absolute atomic E-state index is 10.6. The summed E-state index contributed by atoms with van der Waals surface area (Å²) >= 11 is 0. The summed E-state index contributed by atoms with van der Waals surface area (Å²) in [5, 5.41) is 0. The molecule has 1 heterocycles. The van der Waals surface area contributed by atoms with Gasteiger partial charge in [-0.2, -0.15) is 0 Å². The van der Waals surface area contributed by atoms with Gasteiger partial charge in [0.15, 0.2) is 0 Å². The molecule has 3 heteroatoms. The van der Waals surface area contributed by atoms with Crippen LogP contribution in [0.25, 0.3) is 0 Å². The number of likely N-dealkylation sites (tertiary alicyclic amines) is 1. The average Bonchev–Trinajstić information content (AvgIpc) is 2.13. The highest BCUT2D eigenvalue weighted by Gasteiger charge is 2.24. The Kier molecular flexibility index (Phi) is 1.71. The minimum atomic E-state index is -0.185. The van der Waals surface area contributed by atoms with E-state index in [2.05, 4.69) is 0 Å². The molecule has 9 heavy (non-hydrogen) atoms. The first kappa shape index (κ1) is 6.55. The van der Waals surface area contributed by atoms with Gasteiger partial charge < -0.3 is 5.73 Å². The SMILES string of the molecule is CN1CCC[C@H]1C(N)=O. The van der Waals surface area contributed by atoms with Crippen molar-refractivity contribution in [2.24, 2.45) is 5.73 Å². The van der Waals surface area contributed by atoms with Crippen molar-refractivity contribution in [1.29, 1.82) is 0 Å². The summed E-state index contributed by atoms with van der Waals surface area (Å²) in [7, 11) is 1.93. The van der Waals surface area contributed by atoms with Gasteiger partial charge >= 0.3 is 0 Å². The molecule has 52 valence electrons. The molecule has 1 aliphatic rings. The van der Waals surface area contributed by atoms with Crippen molar-refractivity contribution in [2.75, 3.05) is 13.6 Å². The van der Waals surface area contributed by atoms with Gasteiger partial charge in [0.1, 0.15) is 0 Å². The van der Waals surface area contributed by atoms with Crippen LogP contribution >= 0.6 is 0 Å². The Labute approximate surface area is 54.8 Å². The minimum Gasteiger partial charge on any atom is -0.368 e. The molecule has 3 nitrogen and oxygen atoms in total. The van der Waals surface area contributed by atoms with E-state index in [1.165, 1.54) is 0 Å². The zero-order valence-electron chi connectivity index (χ0n) is 5.63. The number of hydrogen-bond donors (Lipinski definition) is 1. The molecule has 0 aliphatic carbocycles. The van der Waals surface area contributed by atoms with Gasteiger partial charge in [0.05, 0.1) is 6.04 Å². The highest BCUT2D eigenvalue weighted by Crippen LogP contribution is 2.13. The average molecular weight is 128 g/mol. The summed E-state index contributed by atoms with van der Waals surface area (Å²) in [5.74, 6) is -0.185. The summed E-state index contributed by atoms with van der Waals surface area (Å²) in [6, 6.07) is 0.00463. The maximum atomic E-state index is 10.6. The Bertz CT molecular complexity index is 124. The Balaban J connectivity index is 2.49. The number of amides is 1. The van der Waals surface area contributed by atoms with E-state index in [1.807, 2.05) is 11.9 Å². The molecule has 0 unspecified atom stereocenters. The maximum Gasteiger partial charge on any atom is 0.234 e. The van der Waals surface area contributed by atoms with Crippen molar-refractivity contribution in [3.8, 4) is 0 Å². The fourth-order valence-electron chi connectivity index (χ4n) is 1.27. The van der Waals surface area contributed by atoms with E-state index in [9.17, 15) is 4.79 Å². The van der Waals surface area contributed by atoms with Crippen LogP contribution in [0.5, 0.6) is 0 Å². The molecule has 1 amide bonds. The van der Waals surface area contributed by atoms with Crippen molar-refractivity contribution in [3.05, 3.63) is 0 Å². The van der Waals surface area contributed by atoms with E-state index >= 15 is 0 Å². The molecule has 0 aromatic heterocycles. The Morgan fingerprint density at radius 3 is 2.67 bits per heavy atom. The summed E-state index contributed by atoms with van der Waals surface area (Å²) in [5.41, 5.74) is 5.11. The Morgan fingerprint density at radius 2 is 2.44 bits per heavy atom. The predicted octanol–water partition coefficient (Wildman–Crippen LogP) is -0.434. The van der Waals surface area contributed by atoms with Crippen LogP contribution < -0.4 is 5.73 Å². The number of likely N-dealkylation sites (N-methyl/N-ethyl adjacent to an activating group) is 1. The largest absolute Gasteiger partial charge is 0.368 e. The summed E-state index contributed by atoms with van der Waals surface area (Å²) in [6.07, 6.45) is 2.04. The lowest BCUT2D eigenvalue weighted by atomic mass is 10.2. The third-order valence-electron chi connectivity index (χ3n) is 1.85. The molecular formula is C6H12N2O. The lowest BCUT2D eigenvalue weighted by molar-refractivity contribution is -0.121. The number of nitrogens with two attached hydrogens (primary N) is 1. The van der Waals surface area contributed by atoms with Crippen LogP contribution in [0, 0.1) is 0 Å². The Hall–Kier alpha value is -0.570. The van der Waals surface area contributed by atoms with Gasteiger partial charge in [0, 0.05) is 0 Å². The second kappa shape index (κ2) is 2.35. The molecular weight excluding hydrogens is 116 g/mol. The smallest absolute Gasteiger partial charge is 0.234 e. The zero-order valence-corrected chi connectivity index (χ0v) is 5.63. The fraction of sp³-hybridized carbons (Fsp3) is 0.833. The van der Waals surface area contributed by atoms with E-state index in [-0.39, 0.29) is 11.9 Å². The number of hydrogen-bond acceptors (Lipinski definition) is 2. The number of rotatable bonds is 1. The summed E-state index contributed by atoms with van der Waals surface area (Å²) in [4.78, 5) is 12.6. The van der Waals surface area contributed by atoms with Gasteiger partial charge in [-0.3, -0.25) is 9.69 Å². The van der Waals surface area contributed by atoms with Crippen LogP contribution in [-0.2, 0) is 4.79 Å². The molecule has 1 aliphatic heterocycles. The van der Waals surface area contributed by atoms with Crippen molar-refractivity contribution in [3.63, 3.8) is 0 Å². The zero-order chi connectivity index (χ0) is 6.85. The van der Waals surface area contributed by atoms with Crippen LogP contribution in [0.4, 0.5) is 0 Å². The van der Waals surface area contributed by atoms with E-state index in [0.717, 1.165) is 19.4 Å². The number of nitrogens with zero attached hydrogens (tertiary/aromatic N) is 1. The number of carbonyl (C=O) groups excluding carboxylic acids is 1. The lowest BCUT2D eigenvalue weighted by Gasteiger charge is -2.14. The molecule has 0 saturated carbocycles. The Morgan fingerprint density at radius 1 is 1.78 bits per heavy atom. The van der Waals surface area contributed by atoms with E-state index < -0.39 is 0 Å². The first-order valence-corrected chi connectivity index (χ1v) is 3.21. The fourth-order valence-corrected chi connectivity index (χ4v) is 1.27. The first-order valence-electron chi connectivity index (χ1n) is 3.21. The molecule has 0 radical (unpaired) electrons. The van der Waals surface area contributed by atoms with Gasteiger partial charge in [0.2, 0.25) is 5.91 Å². The standard InChI is InChI=1S/C6H12N2O/c1-8-4-2-3-5(8)6(7)9/h5H,2-4H2,1H3,(H2,7,9)/t5-/m0/s1. The highest BCUT2D eigenvalue weighted by molar-refractivity contribution is 5.80. The third kappa shape index (κ3) is 1.21. The van der Waals surface area contributed by atoms with Crippen molar-refractivity contribution < 1.29 is 4.79 Å². The van der Waals surface area contributed by atoms with Gasteiger partial charge in [0.25, 0.3) is 0 Å². The molecule has 0 bridgehead atoms. The van der Waals surface area contributed by atoms with Gasteiger partial charge in [-0.15, -0.1) is 0 Å². The van der Waals surface area contributed by atoms with Gasteiger partial charge in [-0.05, 0) is 26.4 Å². The van der Waals surface area contributed by atoms with E-state index in [1.54, 1.807) is 0 Å². The molecule has 0 spiro atoms. The van der Waals surface area contributed by atoms with Crippen molar-refractivity contribution >= 4 is 5.91 Å². The van der Waals surface area contributed by atoms with Gasteiger partial charge in [-0.1, -0.05) is 0 Å². The molecule has 1 fully saturated rings. The van der Waals surface area contributed by atoms with E-state index in [0.29, 0.717) is 0 Å². The molecule has 2 N–H and O–H groups in total. The van der Waals surface area contributed by atoms with Crippen molar-refractivity contribution in [1.82, 2.24) is 4.90 Å². The molecule has 0 aromatic rings. The molecule has 1 rings (SSSR count). The summed E-state index contributed by atoms with van der Waals surface area (Å²) < 4.78 is 0. The van der Waals surface area contributed by atoms with Crippen LogP contribution in [0.2, 0.25) is 0 Å². The first-order chi connectivity index (χ1) is 4.22. The van der Waals surface area contributed by atoms with Gasteiger partial charge in [-0.25, -0.2) is 0 Å². The van der Waals surface area contributed by atoms with Crippen LogP contribution in [0.15, 0.2) is 0 Å². The van der Waals surface area contributed by atoms with Crippen LogP contribution in [0.1, 0.15) is 12.8 Å².